The molecule has 0 saturated heterocycles. The fourth-order valence-electron chi connectivity index (χ4n) is 1.25. The summed E-state index contributed by atoms with van der Waals surface area (Å²) in [5.41, 5.74) is 1.28. The van der Waals surface area contributed by atoms with E-state index in [1.165, 1.54) is 16.9 Å². The molecule has 0 bridgehead atoms. The maximum atomic E-state index is 9.15. The Hall–Kier alpha value is -0.670. The molecule has 1 aromatic rings. The van der Waals surface area contributed by atoms with Crippen LogP contribution in [-0.4, -0.2) is 23.6 Å². The molecule has 1 N–H and O–H groups in total. The molecule has 1 atom stereocenters. The van der Waals surface area contributed by atoms with E-state index >= 15 is 0 Å². The van der Waals surface area contributed by atoms with Gasteiger partial charge in [-0.05, 0) is 43.7 Å². The molecule has 90 valence electrons. The second-order valence-corrected chi connectivity index (χ2v) is 5.07. The van der Waals surface area contributed by atoms with Gasteiger partial charge in [0.2, 0.25) is 0 Å². The molecule has 3 heteroatoms. The summed E-state index contributed by atoms with van der Waals surface area (Å²) in [6, 6.07) is 6.07. The Morgan fingerprint density at radius 3 is 2.81 bits per heavy atom. The average Bonchev–Trinajstić information content (AvgIpc) is 2.26. The Bertz CT molecular complexity index is 324. The number of hydrogen-bond donors (Lipinski definition) is 1. The van der Waals surface area contributed by atoms with Crippen LogP contribution in [0.4, 0.5) is 0 Å². The lowest BCUT2D eigenvalue weighted by atomic mass is 10.2. The SMILES string of the molecule is CCCSc1cc(OCC(C)O)ccc1C. The van der Waals surface area contributed by atoms with Gasteiger partial charge in [-0.25, -0.2) is 0 Å². The Kier molecular flexibility index (Phi) is 5.71. The van der Waals surface area contributed by atoms with E-state index in [0.29, 0.717) is 6.61 Å². The van der Waals surface area contributed by atoms with Crippen LogP contribution in [0, 0.1) is 6.92 Å². The molecule has 2 nitrogen and oxygen atoms in total. The standard InChI is InChI=1S/C13H20O2S/c1-4-7-16-13-8-12(6-5-10(13)2)15-9-11(3)14/h5-6,8,11,14H,4,7,9H2,1-3H3. The van der Waals surface area contributed by atoms with Gasteiger partial charge in [0.1, 0.15) is 12.4 Å². The van der Waals surface area contributed by atoms with Gasteiger partial charge < -0.3 is 9.84 Å². The fourth-order valence-corrected chi connectivity index (χ4v) is 2.17. The average molecular weight is 240 g/mol. The molecule has 1 aromatic carbocycles. The third-order valence-corrected chi connectivity index (χ3v) is 3.48. The summed E-state index contributed by atoms with van der Waals surface area (Å²) in [5.74, 6) is 1.96. The first kappa shape index (κ1) is 13.4. The van der Waals surface area contributed by atoms with Crippen molar-refractivity contribution in [3.05, 3.63) is 23.8 Å². The molecule has 0 aliphatic heterocycles. The largest absolute Gasteiger partial charge is 0.491 e. The van der Waals surface area contributed by atoms with E-state index in [1.807, 2.05) is 17.8 Å². The summed E-state index contributed by atoms with van der Waals surface area (Å²) in [7, 11) is 0. The zero-order valence-electron chi connectivity index (χ0n) is 10.2. The van der Waals surface area contributed by atoms with E-state index in [4.69, 9.17) is 9.84 Å². The van der Waals surface area contributed by atoms with Crippen LogP contribution < -0.4 is 4.74 Å². The van der Waals surface area contributed by atoms with Crippen LogP contribution in [0.15, 0.2) is 23.1 Å². The van der Waals surface area contributed by atoms with Crippen LogP contribution in [0.1, 0.15) is 25.8 Å². The topological polar surface area (TPSA) is 29.5 Å². The van der Waals surface area contributed by atoms with Gasteiger partial charge in [0, 0.05) is 4.90 Å². The van der Waals surface area contributed by atoms with E-state index in [1.54, 1.807) is 6.92 Å². The summed E-state index contributed by atoms with van der Waals surface area (Å²) in [6.45, 7) is 6.36. The first-order chi connectivity index (χ1) is 7.63. The molecule has 0 spiro atoms. The molecular weight excluding hydrogens is 220 g/mol. The van der Waals surface area contributed by atoms with E-state index in [9.17, 15) is 0 Å². The van der Waals surface area contributed by atoms with Crippen LogP contribution in [0.25, 0.3) is 0 Å². The predicted molar refractivity (Wildman–Crippen MR) is 69.4 cm³/mol. The van der Waals surface area contributed by atoms with Gasteiger partial charge in [-0.2, -0.15) is 0 Å². The number of aliphatic hydroxyl groups is 1. The number of thioether (sulfide) groups is 1. The predicted octanol–water partition coefficient (Wildman–Crippen LogP) is 3.26. The molecule has 0 radical (unpaired) electrons. The van der Waals surface area contributed by atoms with Crippen LogP contribution in [-0.2, 0) is 0 Å². The van der Waals surface area contributed by atoms with Crippen molar-refractivity contribution >= 4 is 11.8 Å². The highest BCUT2D eigenvalue weighted by Gasteiger charge is 2.03. The van der Waals surface area contributed by atoms with Gasteiger partial charge >= 0.3 is 0 Å². The molecule has 1 unspecified atom stereocenters. The van der Waals surface area contributed by atoms with Crippen molar-refractivity contribution in [1.82, 2.24) is 0 Å². The Labute approximate surface area is 102 Å². The Morgan fingerprint density at radius 2 is 2.19 bits per heavy atom. The minimum Gasteiger partial charge on any atom is -0.491 e. The summed E-state index contributed by atoms with van der Waals surface area (Å²) in [6.07, 6.45) is 0.746. The van der Waals surface area contributed by atoms with Crippen molar-refractivity contribution in [3.63, 3.8) is 0 Å². The smallest absolute Gasteiger partial charge is 0.120 e. The number of benzene rings is 1. The molecule has 0 heterocycles. The maximum Gasteiger partial charge on any atom is 0.120 e. The molecule has 0 fully saturated rings. The molecule has 0 aliphatic carbocycles. The van der Waals surface area contributed by atoms with E-state index in [0.717, 1.165) is 11.5 Å². The summed E-state index contributed by atoms with van der Waals surface area (Å²) in [5, 5.41) is 9.15. The molecule has 0 amide bonds. The molecule has 1 rings (SSSR count). The van der Waals surface area contributed by atoms with Gasteiger partial charge in [0.25, 0.3) is 0 Å². The van der Waals surface area contributed by atoms with Crippen molar-refractivity contribution in [2.75, 3.05) is 12.4 Å². The summed E-state index contributed by atoms with van der Waals surface area (Å²) in [4.78, 5) is 1.27. The monoisotopic (exact) mass is 240 g/mol. The van der Waals surface area contributed by atoms with E-state index < -0.39 is 6.10 Å². The van der Waals surface area contributed by atoms with Crippen molar-refractivity contribution in [2.24, 2.45) is 0 Å². The molecule has 0 aliphatic rings. The van der Waals surface area contributed by atoms with Crippen molar-refractivity contribution < 1.29 is 9.84 Å². The third kappa shape index (κ3) is 4.45. The van der Waals surface area contributed by atoms with Gasteiger partial charge in [-0.1, -0.05) is 13.0 Å². The van der Waals surface area contributed by atoms with Gasteiger partial charge in [-0.15, -0.1) is 11.8 Å². The molecule has 0 saturated carbocycles. The highest BCUT2D eigenvalue weighted by Crippen LogP contribution is 2.27. The maximum absolute atomic E-state index is 9.15. The molecule has 16 heavy (non-hydrogen) atoms. The lowest BCUT2D eigenvalue weighted by Crippen LogP contribution is -2.12. The first-order valence-electron chi connectivity index (χ1n) is 5.67. The third-order valence-electron chi connectivity index (χ3n) is 2.11. The minimum absolute atomic E-state index is 0.348. The Balaban J connectivity index is 2.65. The zero-order chi connectivity index (χ0) is 12.0. The summed E-state index contributed by atoms with van der Waals surface area (Å²) >= 11 is 1.85. The van der Waals surface area contributed by atoms with Crippen molar-refractivity contribution in [2.45, 2.75) is 38.2 Å². The highest BCUT2D eigenvalue weighted by molar-refractivity contribution is 7.99. The first-order valence-corrected chi connectivity index (χ1v) is 6.66. The van der Waals surface area contributed by atoms with Crippen LogP contribution in [0.2, 0.25) is 0 Å². The molecule has 0 aromatic heterocycles. The van der Waals surface area contributed by atoms with Crippen LogP contribution >= 0.6 is 11.8 Å². The minimum atomic E-state index is -0.423. The van der Waals surface area contributed by atoms with Crippen molar-refractivity contribution in [1.29, 1.82) is 0 Å². The summed E-state index contributed by atoms with van der Waals surface area (Å²) < 4.78 is 5.48. The van der Waals surface area contributed by atoms with E-state index in [-0.39, 0.29) is 0 Å². The van der Waals surface area contributed by atoms with Gasteiger partial charge in [0.15, 0.2) is 0 Å². The second-order valence-electron chi connectivity index (χ2n) is 3.94. The number of aliphatic hydroxyl groups excluding tert-OH is 1. The normalized spacial score (nSPS) is 12.5. The quantitative estimate of drug-likeness (QED) is 0.774. The number of hydrogen-bond acceptors (Lipinski definition) is 3. The Morgan fingerprint density at radius 1 is 1.44 bits per heavy atom. The highest BCUT2D eigenvalue weighted by atomic mass is 32.2. The van der Waals surface area contributed by atoms with E-state index in [2.05, 4.69) is 26.0 Å². The molecular formula is C13H20O2S. The number of rotatable bonds is 6. The van der Waals surface area contributed by atoms with Crippen LogP contribution in [0.3, 0.4) is 0 Å². The lowest BCUT2D eigenvalue weighted by molar-refractivity contribution is 0.122. The van der Waals surface area contributed by atoms with Gasteiger partial charge in [0.05, 0.1) is 6.10 Å². The number of ether oxygens (including phenoxy) is 1. The number of aryl methyl sites for hydroxylation is 1. The second kappa shape index (κ2) is 6.81. The van der Waals surface area contributed by atoms with Crippen molar-refractivity contribution in [3.8, 4) is 5.75 Å². The lowest BCUT2D eigenvalue weighted by Gasteiger charge is -2.11. The fraction of sp³-hybridized carbons (Fsp3) is 0.538. The van der Waals surface area contributed by atoms with Gasteiger partial charge in [-0.3, -0.25) is 0 Å². The zero-order valence-corrected chi connectivity index (χ0v) is 11.0. The van der Waals surface area contributed by atoms with Crippen LogP contribution in [0.5, 0.6) is 5.75 Å².